The van der Waals surface area contributed by atoms with Crippen molar-refractivity contribution >= 4 is 5.97 Å². The Labute approximate surface area is 142 Å². The highest BCUT2D eigenvalue weighted by Crippen LogP contribution is 2.37. The quantitative estimate of drug-likeness (QED) is 0.862. The molecule has 1 aliphatic carbocycles. The fourth-order valence-electron chi connectivity index (χ4n) is 3.37. The molecular weight excluding hydrogens is 335 g/mol. The molecule has 8 heteroatoms. The molecule has 1 aliphatic rings. The first-order chi connectivity index (χ1) is 11.8. The molecule has 1 heterocycles. The van der Waals surface area contributed by atoms with Crippen LogP contribution in [0.15, 0.2) is 24.3 Å². The number of aliphatic carboxylic acids is 1. The second-order valence-electron chi connectivity index (χ2n) is 6.44. The number of aromatic amines is 1. The van der Waals surface area contributed by atoms with E-state index in [0.717, 1.165) is 31.2 Å². The molecule has 0 amide bonds. The summed E-state index contributed by atoms with van der Waals surface area (Å²) in [4.78, 5) is 14.3. The molecule has 0 atom stereocenters. The molecule has 0 radical (unpaired) electrons. The van der Waals surface area contributed by atoms with E-state index in [1.54, 1.807) is 12.1 Å². The summed E-state index contributed by atoms with van der Waals surface area (Å²) in [6, 6.07) is 7.23. The Balaban J connectivity index is 1.65. The number of rotatable bonds is 4. The first-order valence-electron chi connectivity index (χ1n) is 8.14. The SMILES string of the molecule is O=C(O)CC1CCC(c2ccc(-c3n[nH]c(C(F)(F)F)n3)cc2)CC1. The summed E-state index contributed by atoms with van der Waals surface area (Å²) in [6.07, 6.45) is -0.701. The van der Waals surface area contributed by atoms with E-state index in [9.17, 15) is 18.0 Å². The molecule has 134 valence electrons. The van der Waals surface area contributed by atoms with Crippen LogP contribution in [0.1, 0.15) is 49.4 Å². The van der Waals surface area contributed by atoms with E-state index < -0.39 is 18.0 Å². The molecule has 2 N–H and O–H groups in total. The molecule has 5 nitrogen and oxygen atoms in total. The average molecular weight is 353 g/mol. The predicted molar refractivity (Wildman–Crippen MR) is 83.8 cm³/mol. The van der Waals surface area contributed by atoms with Gasteiger partial charge in [0.25, 0.3) is 0 Å². The number of aromatic nitrogens is 3. The maximum atomic E-state index is 12.6. The Morgan fingerprint density at radius 3 is 2.32 bits per heavy atom. The zero-order chi connectivity index (χ0) is 18.0. The van der Waals surface area contributed by atoms with Crippen LogP contribution in [0.25, 0.3) is 11.4 Å². The summed E-state index contributed by atoms with van der Waals surface area (Å²) in [5.74, 6) is -1.25. The molecule has 0 unspecified atom stereocenters. The molecule has 0 spiro atoms. The van der Waals surface area contributed by atoms with Crippen molar-refractivity contribution in [3.05, 3.63) is 35.7 Å². The van der Waals surface area contributed by atoms with Crippen LogP contribution in [0.5, 0.6) is 0 Å². The van der Waals surface area contributed by atoms with Crippen LogP contribution < -0.4 is 0 Å². The number of nitrogens with zero attached hydrogens (tertiary/aromatic N) is 2. The van der Waals surface area contributed by atoms with Gasteiger partial charge in [0.05, 0.1) is 0 Å². The Bertz CT molecular complexity index is 732. The van der Waals surface area contributed by atoms with Crippen molar-refractivity contribution in [3.63, 3.8) is 0 Å². The lowest BCUT2D eigenvalue weighted by atomic mass is 9.77. The van der Waals surface area contributed by atoms with Gasteiger partial charge >= 0.3 is 12.1 Å². The number of halogens is 3. The van der Waals surface area contributed by atoms with Gasteiger partial charge in [-0.05, 0) is 43.1 Å². The molecule has 25 heavy (non-hydrogen) atoms. The third-order valence-electron chi connectivity index (χ3n) is 4.70. The molecule has 1 fully saturated rings. The zero-order valence-corrected chi connectivity index (χ0v) is 13.4. The third kappa shape index (κ3) is 4.18. The fraction of sp³-hybridized carbons (Fsp3) is 0.471. The van der Waals surface area contributed by atoms with E-state index in [1.165, 1.54) is 0 Å². The third-order valence-corrected chi connectivity index (χ3v) is 4.70. The van der Waals surface area contributed by atoms with Crippen molar-refractivity contribution in [1.82, 2.24) is 15.2 Å². The van der Waals surface area contributed by atoms with E-state index in [2.05, 4.69) is 10.1 Å². The summed E-state index contributed by atoms with van der Waals surface area (Å²) in [7, 11) is 0. The minimum absolute atomic E-state index is 0.0176. The Hall–Kier alpha value is -2.38. The predicted octanol–water partition coefficient (Wildman–Crippen LogP) is 4.24. The summed E-state index contributed by atoms with van der Waals surface area (Å²) >= 11 is 0. The number of carboxylic acid groups (broad SMARTS) is 1. The molecule has 1 saturated carbocycles. The van der Waals surface area contributed by atoms with E-state index >= 15 is 0 Å². The Morgan fingerprint density at radius 1 is 1.16 bits per heavy atom. The molecular formula is C17H18F3N3O2. The molecule has 2 aromatic rings. The van der Waals surface area contributed by atoms with Crippen LogP contribution in [-0.2, 0) is 11.0 Å². The van der Waals surface area contributed by atoms with Gasteiger partial charge in [0.15, 0.2) is 5.82 Å². The second-order valence-corrected chi connectivity index (χ2v) is 6.44. The lowest BCUT2D eigenvalue weighted by Crippen LogP contribution is -2.16. The summed E-state index contributed by atoms with van der Waals surface area (Å²) in [6.45, 7) is 0. The number of alkyl halides is 3. The van der Waals surface area contributed by atoms with Crippen LogP contribution >= 0.6 is 0 Å². The van der Waals surface area contributed by atoms with Crippen LogP contribution in [0.2, 0.25) is 0 Å². The monoisotopic (exact) mass is 353 g/mol. The maximum absolute atomic E-state index is 12.6. The number of nitrogens with one attached hydrogen (secondary N) is 1. The summed E-state index contributed by atoms with van der Waals surface area (Å²) in [5, 5.41) is 14.4. The molecule has 0 aliphatic heterocycles. The van der Waals surface area contributed by atoms with Gasteiger partial charge in [-0.25, -0.2) is 4.98 Å². The highest BCUT2D eigenvalue weighted by atomic mass is 19.4. The number of hydrogen-bond donors (Lipinski definition) is 2. The smallest absolute Gasteiger partial charge is 0.451 e. The van der Waals surface area contributed by atoms with E-state index in [-0.39, 0.29) is 18.2 Å². The number of benzene rings is 1. The molecule has 0 bridgehead atoms. The lowest BCUT2D eigenvalue weighted by molar-refractivity contribution is -0.144. The van der Waals surface area contributed by atoms with E-state index in [1.807, 2.05) is 17.2 Å². The van der Waals surface area contributed by atoms with Crippen LogP contribution in [-0.4, -0.2) is 26.3 Å². The normalized spacial score (nSPS) is 21.2. The van der Waals surface area contributed by atoms with Crippen molar-refractivity contribution in [1.29, 1.82) is 0 Å². The summed E-state index contributed by atoms with van der Waals surface area (Å²) < 4.78 is 37.7. The highest BCUT2D eigenvalue weighted by Gasteiger charge is 2.35. The largest absolute Gasteiger partial charge is 0.481 e. The van der Waals surface area contributed by atoms with Gasteiger partial charge in [-0.1, -0.05) is 24.3 Å². The highest BCUT2D eigenvalue weighted by molar-refractivity contribution is 5.67. The average Bonchev–Trinajstić information content (AvgIpc) is 3.05. The van der Waals surface area contributed by atoms with Gasteiger partial charge in [0, 0.05) is 12.0 Å². The molecule has 1 aromatic carbocycles. The van der Waals surface area contributed by atoms with Crippen molar-refractivity contribution in [2.75, 3.05) is 0 Å². The topological polar surface area (TPSA) is 78.9 Å². The van der Waals surface area contributed by atoms with Gasteiger partial charge in [-0.15, -0.1) is 0 Å². The zero-order valence-electron chi connectivity index (χ0n) is 13.4. The van der Waals surface area contributed by atoms with Gasteiger partial charge in [0.1, 0.15) is 0 Å². The molecule has 0 saturated heterocycles. The Kier molecular flexibility index (Phi) is 4.78. The van der Waals surface area contributed by atoms with Crippen molar-refractivity contribution in [2.45, 2.75) is 44.2 Å². The van der Waals surface area contributed by atoms with Gasteiger partial charge in [-0.3, -0.25) is 9.89 Å². The number of H-pyrrole nitrogens is 1. The first kappa shape index (κ1) is 17.4. The van der Waals surface area contributed by atoms with E-state index in [0.29, 0.717) is 11.5 Å². The number of carbonyl (C=O) groups is 1. The van der Waals surface area contributed by atoms with Crippen LogP contribution in [0.3, 0.4) is 0 Å². The fourth-order valence-corrected chi connectivity index (χ4v) is 3.37. The minimum Gasteiger partial charge on any atom is -0.481 e. The van der Waals surface area contributed by atoms with Gasteiger partial charge in [-0.2, -0.15) is 18.3 Å². The van der Waals surface area contributed by atoms with Crippen molar-refractivity contribution in [3.8, 4) is 11.4 Å². The second kappa shape index (κ2) is 6.85. The van der Waals surface area contributed by atoms with Crippen LogP contribution in [0, 0.1) is 5.92 Å². The standard InChI is InChI=1S/C17H18F3N3O2/c18-17(19,20)16-21-15(22-23-16)13-7-5-12(6-8-13)11-3-1-10(2-4-11)9-14(24)25/h5-8,10-11H,1-4,9H2,(H,24,25)(H,21,22,23). The van der Waals surface area contributed by atoms with Gasteiger partial charge < -0.3 is 5.11 Å². The summed E-state index contributed by atoms with van der Waals surface area (Å²) in [5.41, 5.74) is 1.64. The first-order valence-corrected chi connectivity index (χ1v) is 8.14. The lowest BCUT2D eigenvalue weighted by Gasteiger charge is -2.28. The molecule has 1 aromatic heterocycles. The number of carboxylic acids is 1. The number of hydrogen-bond acceptors (Lipinski definition) is 3. The van der Waals surface area contributed by atoms with Crippen molar-refractivity contribution in [2.24, 2.45) is 5.92 Å². The minimum atomic E-state index is -4.54. The van der Waals surface area contributed by atoms with Gasteiger partial charge in [0.2, 0.25) is 5.82 Å². The van der Waals surface area contributed by atoms with Crippen molar-refractivity contribution < 1.29 is 23.1 Å². The Morgan fingerprint density at radius 2 is 1.80 bits per heavy atom. The molecule has 3 rings (SSSR count). The van der Waals surface area contributed by atoms with Crippen LogP contribution in [0.4, 0.5) is 13.2 Å². The van der Waals surface area contributed by atoms with E-state index in [4.69, 9.17) is 5.11 Å². The maximum Gasteiger partial charge on any atom is 0.451 e.